The number of nitrogens with zero attached hydrogens (tertiary/aromatic N) is 2. The third-order valence-corrected chi connectivity index (χ3v) is 4.65. The summed E-state index contributed by atoms with van der Waals surface area (Å²) in [4.78, 5) is 7.14. The van der Waals surface area contributed by atoms with Crippen molar-refractivity contribution in [1.29, 1.82) is 0 Å². The normalized spacial score (nSPS) is 17.8. The molecule has 0 atom stereocenters. The molecule has 0 spiro atoms. The highest BCUT2D eigenvalue weighted by Gasteiger charge is 2.18. The molecule has 0 radical (unpaired) electrons. The van der Waals surface area contributed by atoms with E-state index in [0.717, 1.165) is 59.7 Å². The highest BCUT2D eigenvalue weighted by atomic mass is 35.5. The average Bonchev–Trinajstić information content (AvgIpc) is 2.47. The van der Waals surface area contributed by atoms with Crippen molar-refractivity contribution in [2.24, 2.45) is 5.73 Å². The molecule has 0 saturated carbocycles. The number of nitrogens with two attached hydrogens (primary N) is 1. The fraction of sp³-hybridized carbons (Fsp3) is 0.438. The number of aromatic nitrogens is 1. The lowest BCUT2D eigenvalue weighted by Crippen LogP contribution is -2.39. The van der Waals surface area contributed by atoms with Crippen LogP contribution in [0.2, 0.25) is 5.02 Å². The molecule has 106 valence electrons. The largest absolute Gasteiger partial charge is 0.328 e. The van der Waals surface area contributed by atoms with Crippen LogP contribution in [0.25, 0.3) is 10.9 Å². The topological polar surface area (TPSA) is 42.1 Å². The van der Waals surface area contributed by atoms with Crippen LogP contribution in [0.5, 0.6) is 0 Å². The van der Waals surface area contributed by atoms with Gasteiger partial charge in [0.05, 0.1) is 16.2 Å². The number of halogens is 1. The molecule has 1 aromatic carbocycles. The summed E-state index contributed by atoms with van der Waals surface area (Å²) in [6, 6.07) is 8.53. The minimum Gasteiger partial charge on any atom is -0.328 e. The van der Waals surface area contributed by atoms with Crippen LogP contribution in [0, 0.1) is 6.92 Å². The van der Waals surface area contributed by atoms with Gasteiger partial charge in [-0.2, -0.15) is 0 Å². The smallest absolute Gasteiger partial charge is 0.0740 e. The van der Waals surface area contributed by atoms with Crippen LogP contribution in [0.3, 0.4) is 0 Å². The highest BCUT2D eigenvalue weighted by molar-refractivity contribution is 6.32. The van der Waals surface area contributed by atoms with E-state index in [2.05, 4.69) is 17.9 Å². The minimum atomic E-state index is 0.355. The van der Waals surface area contributed by atoms with Gasteiger partial charge in [0, 0.05) is 31.1 Å². The van der Waals surface area contributed by atoms with Crippen molar-refractivity contribution in [3.05, 3.63) is 40.5 Å². The lowest BCUT2D eigenvalue weighted by molar-refractivity contribution is 0.204. The Bertz CT molecular complexity index is 618. The molecule has 1 fully saturated rings. The maximum absolute atomic E-state index is 6.51. The van der Waals surface area contributed by atoms with Crippen LogP contribution >= 0.6 is 11.6 Å². The van der Waals surface area contributed by atoms with E-state index in [4.69, 9.17) is 22.3 Å². The molecule has 0 bridgehead atoms. The minimum absolute atomic E-state index is 0.355. The van der Waals surface area contributed by atoms with E-state index in [1.54, 1.807) is 0 Å². The number of likely N-dealkylation sites (tertiary alicyclic amines) is 1. The van der Waals surface area contributed by atoms with E-state index < -0.39 is 0 Å². The number of aryl methyl sites for hydroxylation is 1. The quantitative estimate of drug-likeness (QED) is 0.924. The Morgan fingerprint density at radius 1 is 1.30 bits per heavy atom. The van der Waals surface area contributed by atoms with E-state index in [-0.39, 0.29) is 0 Å². The molecule has 2 heterocycles. The molecule has 1 aliphatic heterocycles. The first-order chi connectivity index (χ1) is 9.65. The zero-order valence-corrected chi connectivity index (χ0v) is 12.5. The molecule has 20 heavy (non-hydrogen) atoms. The first-order valence-electron chi connectivity index (χ1n) is 7.17. The second-order valence-corrected chi connectivity index (χ2v) is 6.01. The molecule has 2 aromatic rings. The lowest BCUT2D eigenvalue weighted by atomic mass is 10.1. The van der Waals surface area contributed by atoms with Crippen LogP contribution in [0.15, 0.2) is 24.3 Å². The van der Waals surface area contributed by atoms with Crippen LogP contribution in [0.4, 0.5) is 0 Å². The Hall–Kier alpha value is -1.16. The highest BCUT2D eigenvalue weighted by Crippen LogP contribution is 2.28. The van der Waals surface area contributed by atoms with Crippen molar-refractivity contribution in [1.82, 2.24) is 9.88 Å². The molecule has 2 N–H and O–H groups in total. The van der Waals surface area contributed by atoms with E-state index >= 15 is 0 Å². The molecule has 3 nitrogen and oxygen atoms in total. The molecule has 4 heteroatoms. The van der Waals surface area contributed by atoms with E-state index in [0.29, 0.717) is 6.04 Å². The van der Waals surface area contributed by atoms with Crippen LogP contribution in [-0.4, -0.2) is 29.0 Å². The number of hydrogen-bond donors (Lipinski definition) is 1. The van der Waals surface area contributed by atoms with Gasteiger partial charge in [-0.1, -0.05) is 29.8 Å². The Labute approximate surface area is 124 Å². The molecule has 0 unspecified atom stereocenters. The third-order valence-electron chi connectivity index (χ3n) is 4.15. The Morgan fingerprint density at radius 2 is 2.00 bits per heavy atom. The fourth-order valence-electron chi connectivity index (χ4n) is 2.85. The van der Waals surface area contributed by atoms with Gasteiger partial charge in [-0.15, -0.1) is 0 Å². The van der Waals surface area contributed by atoms with E-state index in [1.165, 1.54) is 0 Å². The average molecular weight is 290 g/mol. The summed E-state index contributed by atoms with van der Waals surface area (Å²) in [6.07, 6.45) is 2.12. The summed E-state index contributed by atoms with van der Waals surface area (Å²) >= 11 is 6.51. The summed E-state index contributed by atoms with van der Waals surface area (Å²) < 4.78 is 0. The predicted molar refractivity (Wildman–Crippen MR) is 84.0 cm³/mol. The van der Waals surface area contributed by atoms with E-state index in [1.807, 2.05) is 18.2 Å². The standard InChI is InChI=1S/C16H20ClN3/c1-11-13-4-2-3-5-14(13)19-15(16(11)17)10-20-8-6-12(18)7-9-20/h2-5,12H,6-10,18H2,1H3. The second-order valence-electron chi connectivity index (χ2n) is 5.63. The zero-order valence-electron chi connectivity index (χ0n) is 11.8. The Kier molecular flexibility index (Phi) is 3.92. The maximum atomic E-state index is 6.51. The number of pyridine rings is 1. The van der Waals surface area contributed by atoms with Crippen LogP contribution < -0.4 is 5.73 Å². The van der Waals surface area contributed by atoms with E-state index in [9.17, 15) is 0 Å². The fourth-order valence-corrected chi connectivity index (χ4v) is 3.05. The number of fused-ring (bicyclic) bond motifs is 1. The summed E-state index contributed by atoms with van der Waals surface area (Å²) in [5.41, 5.74) is 9.09. The van der Waals surface area contributed by atoms with Crippen molar-refractivity contribution in [3.8, 4) is 0 Å². The van der Waals surface area contributed by atoms with Gasteiger partial charge in [0.2, 0.25) is 0 Å². The number of piperidine rings is 1. The van der Waals surface area contributed by atoms with Crippen LogP contribution in [0.1, 0.15) is 24.1 Å². The number of benzene rings is 1. The Balaban J connectivity index is 1.89. The first kappa shape index (κ1) is 13.8. The van der Waals surface area contributed by atoms with Gasteiger partial charge in [-0.25, -0.2) is 4.98 Å². The summed E-state index contributed by atoms with van der Waals surface area (Å²) in [5.74, 6) is 0. The molecular weight excluding hydrogens is 270 g/mol. The van der Waals surface area contributed by atoms with Gasteiger partial charge in [-0.05, 0) is 31.4 Å². The molecule has 3 rings (SSSR count). The van der Waals surface area contributed by atoms with Crippen molar-refractivity contribution in [3.63, 3.8) is 0 Å². The van der Waals surface area contributed by atoms with Crippen molar-refractivity contribution < 1.29 is 0 Å². The molecule has 0 aliphatic carbocycles. The van der Waals surface area contributed by atoms with Crippen LogP contribution in [-0.2, 0) is 6.54 Å². The molecular formula is C16H20ClN3. The van der Waals surface area contributed by atoms with Gasteiger partial charge in [0.25, 0.3) is 0 Å². The zero-order chi connectivity index (χ0) is 14.1. The Morgan fingerprint density at radius 3 is 2.75 bits per heavy atom. The molecule has 1 saturated heterocycles. The number of hydrogen-bond acceptors (Lipinski definition) is 3. The summed E-state index contributed by atoms with van der Waals surface area (Å²) in [6.45, 7) is 4.95. The maximum Gasteiger partial charge on any atom is 0.0740 e. The number of para-hydroxylation sites is 1. The predicted octanol–water partition coefficient (Wildman–Crippen LogP) is 3.12. The SMILES string of the molecule is Cc1c(Cl)c(CN2CCC(N)CC2)nc2ccccc12. The van der Waals surface area contributed by atoms with Gasteiger partial charge in [-0.3, -0.25) is 4.90 Å². The van der Waals surface area contributed by atoms with Crippen molar-refractivity contribution >= 4 is 22.5 Å². The molecule has 1 aliphatic rings. The first-order valence-corrected chi connectivity index (χ1v) is 7.54. The second kappa shape index (κ2) is 5.68. The van der Waals surface area contributed by atoms with Crippen molar-refractivity contribution in [2.75, 3.05) is 13.1 Å². The van der Waals surface area contributed by atoms with Crippen molar-refractivity contribution in [2.45, 2.75) is 32.4 Å². The van der Waals surface area contributed by atoms with Gasteiger partial charge in [0.1, 0.15) is 0 Å². The third kappa shape index (κ3) is 2.66. The number of rotatable bonds is 2. The van der Waals surface area contributed by atoms with Gasteiger partial charge >= 0.3 is 0 Å². The summed E-state index contributed by atoms with van der Waals surface area (Å²) in [5, 5.41) is 1.94. The summed E-state index contributed by atoms with van der Waals surface area (Å²) in [7, 11) is 0. The molecule has 0 amide bonds. The lowest BCUT2D eigenvalue weighted by Gasteiger charge is -2.30. The monoisotopic (exact) mass is 289 g/mol. The van der Waals surface area contributed by atoms with Gasteiger partial charge < -0.3 is 5.73 Å². The van der Waals surface area contributed by atoms with Gasteiger partial charge in [0.15, 0.2) is 0 Å². The molecule has 1 aromatic heterocycles.